The van der Waals surface area contributed by atoms with Crippen LogP contribution in [0.5, 0.6) is 0 Å². The molecule has 0 spiro atoms. The summed E-state index contributed by atoms with van der Waals surface area (Å²) in [7, 11) is 0. The molecule has 3 heteroatoms. The summed E-state index contributed by atoms with van der Waals surface area (Å²) in [4.78, 5) is 11.8. The van der Waals surface area contributed by atoms with Crippen LogP contribution in [0.4, 0.5) is 0 Å². The fourth-order valence-electron chi connectivity index (χ4n) is 2.52. The maximum atomic E-state index is 11.8. The van der Waals surface area contributed by atoms with E-state index in [1.807, 2.05) is 0 Å². The summed E-state index contributed by atoms with van der Waals surface area (Å²) in [5.41, 5.74) is 0.863. The molecule has 1 aliphatic heterocycles. The van der Waals surface area contributed by atoms with E-state index in [1.54, 1.807) is 0 Å². The summed E-state index contributed by atoms with van der Waals surface area (Å²) in [6, 6.07) is 0. The van der Waals surface area contributed by atoms with Gasteiger partial charge < -0.3 is 9.84 Å². The van der Waals surface area contributed by atoms with Crippen LogP contribution in [0.1, 0.15) is 39.5 Å². The van der Waals surface area contributed by atoms with Gasteiger partial charge in [-0.1, -0.05) is 13.8 Å². The second-order valence-corrected chi connectivity index (χ2v) is 4.77. The van der Waals surface area contributed by atoms with E-state index in [0.29, 0.717) is 18.8 Å². The van der Waals surface area contributed by atoms with Crippen LogP contribution in [0.2, 0.25) is 0 Å². The van der Waals surface area contributed by atoms with Crippen LogP contribution in [0.3, 0.4) is 0 Å². The standard InChI is InChI=1S/C12H18O3/c1-7(2)8-6-11(14)15-10-5-3-4-9(13)12(8)10/h7-8,11,14H,3-6H2,1-2H3. The van der Waals surface area contributed by atoms with Gasteiger partial charge in [-0.15, -0.1) is 0 Å². The number of aliphatic hydroxyl groups excluding tert-OH is 1. The minimum absolute atomic E-state index is 0.177. The van der Waals surface area contributed by atoms with Gasteiger partial charge in [0, 0.05) is 24.8 Å². The zero-order chi connectivity index (χ0) is 11.0. The zero-order valence-electron chi connectivity index (χ0n) is 9.32. The maximum absolute atomic E-state index is 11.8. The summed E-state index contributed by atoms with van der Waals surface area (Å²) in [6.07, 6.45) is 2.14. The lowest BCUT2D eigenvalue weighted by molar-refractivity contribution is -0.124. The minimum atomic E-state index is -0.720. The summed E-state index contributed by atoms with van der Waals surface area (Å²) >= 11 is 0. The number of allylic oxidation sites excluding steroid dienone is 2. The summed E-state index contributed by atoms with van der Waals surface area (Å²) in [5, 5.41) is 9.59. The molecule has 2 unspecified atom stereocenters. The third kappa shape index (κ3) is 1.93. The molecule has 0 aromatic heterocycles. The van der Waals surface area contributed by atoms with Crippen LogP contribution in [0.25, 0.3) is 0 Å². The topological polar surface area (TPSA) is 46.5 Å². The molecule has 0 radical (unpaired) electrons. The zero-order valence-corrected chi connectivity index (χ0v) is 9.32. The molecule has 0 bridgehead atoms. The van der Waals surface area contributed by atoms with Crippen LogP contribution in [0, 0.1) is 11.8 Å². The number of ether oxygens (including phenoxy) is 1. The number of carbonyl (C=O) groups excluding carboxylic acids is 1. The number of hydrogen-bond acceptors (Lipinski definition) is 3. The predicted molar refractivity (Wildman–Crippen MR) is 55.9 cm³/mol. The Hall–Kier alpha value is -0.830. The summed E-state index contributed by atoms with van der Waals surface area (Å²) in [5.74, 6) is 1.54. The normalized spacial score (nSPS) is 31.6. The monoisotopic (exact) mass is 210 g/mol. The van der Waals surface area contributed by atoms with Crippen molar-refractivity contribution >= 4 is 5.78 Å². The highest BCUT2D eigenvalue weighted by Crippen LogP contribution is 2.39. The molecule has 2 atom stereocenters. The molecule has 1 heterocycles. The molecule has 1 aliphatic carbocycles. The number of ketones is 1. The van der Waals surface area contributed by atoms with Crippen molar-refractivity contribution in [3.63, 3.8) is 0 Å². The largest absolute Gasteiger partial charge is 0.469 e. The highest BCUT2D eigenvalue weighted by Gasteiger charge is 2.36. The fourth-order valence-corrected chi connectivity index (χ4v) is 2.52. The van der Waals surface area contributed by atoms with E-state index < -0.39 is 6.29 Å². The third-order valence-electron chi connectivity index (χ3n) is 3.32. The molecule has 2 rings (SSSR count). The first-order valence-electron chi connectivity index (χ1n) is 5.70. The number of hydrogen-bond donors (Lipinski definition) is 1. The number of rotatable bonds is 1. The van der Waals surface area contributed by atoms with Crippen LogP contribution in [-0.4, -0.2) is 17.2 Å². The van der Waals surface area contributed by atoms with Crippen molar-refractivity contribution < 1.29 is 14.6 Å². The van der Waals surface area contributed by atoms with Gasteiger partial charge in [0.2, 0.25) is 0 Å². The van der Waals surface area contributed by atoms with Gasteiger partial charge in [-0.3, -0.25) is 4.79 Å². The van der Waals surface area contributed by atoms with Gasteiger partial charge in [0.15, 0.2) is 12.1 Å². The molecule has 0 amide bonds. The van der Waals surface area contributed by atoms with Gasteiger partial charge >= 0.3 is 0 Å². The lowest BCUT2D eigenvalue weighted by Gasteiger charge is -2.35. The smallest absolute Gasteiger partial charge is 0.197 e. The Morgan fingerprint density at radius 1 is 1.40 bits per heavy atom. The molecular weight excluding hydrogens is 192 g/mol. The highest BCUT2D eigenvalue weighted by atomic mass is 16.6. The van der Waals surface area contributed by atoms with Gasteiger partial charge in [0.25, 0.3) is 0 Å². The molecule has 2 aliphatic rings. The minimum Gasteiger partial charge on any atom is -0.469 e. The Bertz CT molecular complexity index is 304. The Labute approximate surface area is 90.1 Å². The highest BCUT2D eigenvalue weighted by molar-refractivity contribution is 5.97. The first-order chi connectivity index (χ1) is 7.09. The molecule has 0 aromatic rings. The van der Waals surface area contributed by atoms with E-state index in [0.717, 1.165) is 24.2 Å². The van der Waals surface area contributed by atoms with E-state index in [9.17, 15) is 9.90 Å². The maximum Gasteiger partial charge on any atom is 0.197 e. The molecular formula is C12H18O3. The molecule has 0 saturated carbocycles. The van der Waals surface area contributed by atoms with Gasteiger partial charge in [0.05, 0.1) is 0 Å². The van der Waals surface area contributed by atoms with Gasteiger partial charge in [-0.25, -0.2) is 0 Å². The van der Waals surface area contributed by atoms with E-state index in [-0.39, 0.29) is 11.7 Å². The van der Waals surface area contributed by atoms with Crippen molar-refractivity contribution in [3.05, 3.63) is 11.3 Å². The molecule has 0 aromatic carbocycles. The first-order valence-corrected chi connectivity index (χ1v) is 5.70. The third-order valence-corrected chi connectivity index (χ3v) is 3.32. The van der Waals surface area contributed by atoms with E-state index in [4.69, 9.17) is 4.74 Å². The average molecular weight is 210 g/mol. The van der Waals surface area contributed by atoms with Crippen LogP contribution >= 0.6 is 0 Å². The second-order valence-electron chi connectivity index (χ2n) is 4.77. The Kier molecular flexibility index (Phi) is 2.83. The molecule has 1 N–H and O–H groups in total. The van der Waals surface area contributed by atoms with E-state index in [2.05, 4.69) is 13.8 Å². The summed E-state index contributed by atoms with van der Waals surface area (Å²) < 4.78 is 5.36. The molecule has 84 valence electrons. The molecule has 0 fully saturated rings. The van der Waals surface area contributed by atoms with Crippen molar-refractivity contribution in [2.75, 3.05) is 0 Å². The SMILES string of the molecule is CC(C)C1CC(O)OC2=C1C(=O)CCC2. The van der Waals surface area contributed by atoms with Crippen molar-refractivity contribution in [2.45, 2.75) is 45.8 Å². The van der Waals surface area contributed by atoms with E-state index in [1.165, 1.54) is 0 Å². The number of Topliss-reactive ketones (excluding diaryl/α,β-unsaturated/α-hetero) is 1. The lowest BCUT2D eigenvalue weighted by Crippen LogP contribution is -2.33. The Balaban J connectivity index is 2.35. The Morgan fingerprint density at radius 2 is 2.13 bits per heavy atom. The van der Waals surface area contributed by atoms with E-state index >= 15 is 0 Å². The molecule has 15 heavy (non-hydrogen) atoms. The quantitative estimate of drug-likeness (QED) is 0.720. The molecule has 3 nitrogen and oxygen atoms in total. The second kappa shape index (κ2) is 3.97. The Morgan fingerprint density at radius 3 is 2.80 bits per heavy atom. The first kappa shape index (κ1) is 10.7. The van der Waals surface area contributed by atoms with Crippen LogP contribution in [-0.2, 0) is 9.53 Å². The van der Waals surface area contributed by atoms with Crippen molar-refractivity contribution in [1.29, 1.82) is 0 Å². The van der Waals surface area contributed by atoms with Crippen LogP contribution < -0.4 is 0 Å². The van der Waals surface area contributed by atoms with Gasteiger partial charge in [-0.05, 0) is 18.3 Å². The number of aliphatic hydroxyl groups is 1. The summed E-state index contributed by atoms with van der Waals surface area (Å²) in [6.45, 7) is 4.18. The molecule has 0 saturated heterocycles. The number of carbonyl (C=O) groups is 1. The lowest BCUT2D eigenvalue weighted by atomic mass is 9.77. The predicted octanol–water partition coefficient (Wildman–Crippen LogP) is 2.00. The van der Waals surface area contributed by atoms with Gasteiger partial charge in [-0.2, -0.15) is 0 Å². The fraction of sp³-hybridized carbons (Fsp3) is 0.750. The van der Waals surface area contributed by atoms with Crippen molar-refractivity contribution in [3.8, 4) is 0 Å². The van der Waals surface area contributed by atoms with Crippen molar-refractivity contribution in [2.24, 2.45) is 11.8 Å². The van der Waals surface area contributed by atoms with Crippen LogP contribution in [0.15, 0.2) is 11.3 Å². The van der Waals surface area contributed by atoms with Crippen molar-refractivity contribution in [1.82, 2.24) is 0 Å². The average Bonchev–Trinajstić information content (AvgIpc) is 2.16. The van der Waals surface area contributed by atoms with Gasteiger partial charge in [0.1, 0.15) is 5.76 Å².